The summed E-state index contributed by atoms with van der Waals surface area (Å²) < 4.78 is 2.15. The Balaban J connectivity index is 1.97. The van der Waals surface area contributed by atoms with Gasteiger partial charge in [-0.15, -0.1) is 0 Å². The van der Waals surface area contributed by atoms with Crippen LogP contribution in [0.4, 0.5) is 0 Å². The molecule has 84 valence electrons. The molecule has 0 bridgehead atoms. The van der Waals surface area contributed by atoms with Gasteiger partial charge >= 0.3 is 0 Å². The summed E-state index contributed by atoms with van der Waals surface area (Å²) in [6.07, 6.45) is 5.03. The molecule has 0 unspecified atom stereocenters. The van der Waals surface area contributed by atoms with Gasteiger partial charge in [-0.3, -0.25) is 0 Å². The topological polar surface area (TPSA) is 37.2 Å². The van der Waals surface area contributed by atoms with Gasteiger partial charge in [0.25, 0.3) is 0 Å². The fraction of sp³-hybridized carbons (Fsp3) is 0.231. The Morgan fingerprint density at radius 2 is 1.88 bits per heavy atom. The summed E-state index contributed by atoms with van der Waals surface area (Å²) in [6.45, 7) is 1.49. The Labute approximate surface area is 95.3 Å². The molecule has 0 saturated carbocycles. The van der Waals surface area contributed by atoms with E-state index in [1.165, 1.54) is 11.1 Å². The Hall–Kier alpha value is -1.58. The van der Waals surface area contributed by atoms with E-state index in [1.54, 1.807) is 0 Å². The van der Waals surface area contributed by atoms with Gasteiger partial charge < -0.3 is 9.77 Å². The molecular weight excluding hydrogens is 200 g/mol. The minimum Gasteiger partial charge on any atom is -0.350 e. The number of hydrogen-bond donors (Lipinski definition) is 2. The zero-order valence-electron chi connectivity index (χ0n) is 9.13. The highest BCUT2D eigenvalue weighted by atomic mass is 16.5. The van der Waals surface area contributed by atoms with Crippen LogP contribution >= 0.6 is 0 Å². The van der Waals surface area contributed by atoms with Gasteiger partial charge in [0, 0.05) is 25.5 Å². The molecule has 3 heteroatoms. The van der Waals surface area contributed by atoms with Gasteiger partial charge in [-0.1, -0.05) is 30.3 Å². The first-order valence-corrected chi connectivity index (χ1v) is 5.44. The van der Waals surface area contributed by atoms with Crippen molar-refractivity contribution < 1.29 is 5.21 Å². The SMILES string of the molecule is ONCCc1ccn(Cc2ccccc2)c1. The van der Waals surface area contributed by atoms with E-state index in [0.717, 1.165) is 13.0 Å². The van der Waals surface area contributed by atoms with Crippen LogP contribution in [-0.2, 0) is 13.0 Å². The summed E-state index contributed by atoms with van der Waals surface area (Å²) >= 11 is 0. The third-order valence-electron chi connectivity index (χ3n) is 2.55. The number of nitrogens with one attached hydrogen (secondary N) is 1. The van der Waals surface area contributed by atoms with Crippen LogP contribution in [0, 0.1) is 0 Å². The minimum atomic E-state index is 0.593. The maximum absolute atomic E-state index is 8.51. The first-order chi connectivity index (χ1) is 7.88. The van der Waals surface area contributed by atoms with Crippen molar-refractivity contribution in [3.05, 3.63) is 59.9 Å². The van der Waals surface area contributed by atoms with Crippen molar-refractivity contribution in [3.8, 4) is 0 Å². The fourth-order valence-corrected chi connectivity index (χ4v) is 1.73. The van der Waals surface area contributed by atoms with E-state index >= 15 is 0 Å². The first-order valence-electron chi connectivity index (χ1n) is 5.44. The number of benzene rings is 1. The molecule has 2 N–H and O–H groups in total. The molecule has 0 aliphatic carbocycles. The molecule has 0 atom stereocenters. The monoisotopic (exact) mass is 216 g/mol. The Bertz CT molecular complexity index is 423. The molecular formula is C13H16N2O. The quantitative estimate of drug-likeness (QED) is 0.751. The molecule has 1 heterocycles. The third kappa shape index (κ3) is 2.95. The van der Waals surface area contributed by atoms with Crippen LogP contribution in [0.25, 0.3) is 0 Å². The highest BCUT2D eigenvalue weighted by Gasteiger charge is 1.97. The van der Waals surface area contributed by atoms with E-state index in [0.29, 0.717) is 6.54 Å². The summed E-state index contributed by atoms with van der Waals surface area (Å²) in [5, 5.41) is 8.51. The largest absolute Gasteiger partial charge is 0.350 e. The minimum absolute atomic E-state index is 0.593. The molecule has 0 aliphatic heterocycles. The molecule has 0 spiro atoms. The highest BCUT2D eigenvalue weighted by Crippen LogP contribution is 2.06. The van der Waals surface area contributed by atoms with Crippen LogP contribution in [0.2, 0.25) is 0 Å². The van der Waals surface area contributed by atoms with Crippen molar-refractivity contribution >= 4 is 0 Å². The molecule has 2 aromatic rings. The summed E-state index contributed by atoms with van der Waals surface area (Å²) in [4.78, 5) is 0. The molecule has 0 aliphatic rings. The second kappa shape index (κ2) is 5.49. The van der Waals surface area contributed by atoms with Gasteiger partial charge in [0.1, 0.15) is 0 Å². The van der Waals surface area contributed by atoms with Gasteiger partial charge in [0.2, 0.25) is 0 Å². The van der Waals surface area contributed by atoms with E-state index < -0.39 is 0 Å². The van der Waals surface area contributed by atoms with E-state index in [4.69, 9.17) is 5.21 Å². The molecule has 16 heavy (non-hydrogen) atoms. The lowest BCUT2D eigenvalue weighted by atomic mass is 10.2. The van der Waals surface area contributed by atoms with Crippen molar-refractivity contribution in [1.29, 1.82) is 0 Å². The maximum atomic E-state index is 8.51. The molecule has 1 aromatic heterocycles. The van der Waals surface area contributed by atoms with E-state index in [-0.39, 0.29) is 0 Å². The predicted molar refractivity (Wildman–Crippen MR) is 63.5 cm³/mol. The van der Waals surface area contributed by atoms with Gasteiger partial charge in [-0.25, -0.2) is 5.48 Å². The molecule has 3 nitrogen and oxygen atoms in total. The normalized spacial score (nSPS) is 10.6. The third-order valence-corrected chi connectivity index (χ3v) is 2.55. The zero-order chi connectivity index (χ0) is 11.2. The van der Waals surface area contributed by atoms with E-state index in [2.05, 4.69) is 52.8 Å². The average molecular weight is 216 g/mol. The molecule has 0 amide bonds. The summed E-state index contributed by atoms with van der Waals surface area (Å²) in [6, 6.07) is 12.5. The zero-order valence-corrected chi connectivity index (χ0v) is 9.13. The predicted octanol–water partition coefficient (Wildman–Crippen LogP) is 2.06. The van der Waals surface area contributed by atoms with Gasteiger partial charge in [0.15, 0.2) is 0 Å². The summed E-state index contributed by atoms with van der Waals surface area (Å²) in [5.74, 6) is 0. The number of rotatable bonds is 5. The Morgan fingerprint density at radius 1 is 1.06 bits per heavy atom. The number of hydrogen-bond acceptors (Lipinski definition) is 2. The van der Waals surface area contributed by atoms with Crippen LogP contribution in [-0.4, -0.2) is 16.3 Å². The second-order valence-corrected chi connectivity index (χ2v) is 3.84. The van der Waals surface area contributed by atoms with Crippen molar-refractivity contribution in [2.24, 2.45) is 0 Å². The van der Waals surface area contributed by atoms with Crippen LogP contribution in [0.15, 0.2) is 48.8 Å². The van der Waals surface area contributed by atoms with Gasteiger partial charge in [-0.2, -0.15) is 0 Å². The van der Waals surface area contributed by atoms with Gasteiger partial charge in [0.05, 0.1) is 0 Å². The molecule has 0 radical (unpaired) electrons. The van der Waals surface area contributed by atoms with Crippen molar-refractivity contribution in [3.63, 3.8) is 0 Å². The summed E-state index contributed by atoms with van der Waals surface area (Å²) in [7, 11) is 0. The Kier molecular flexibility index (Phi) is 3.75. The molecule has 2 rings (SSSR count). The highest BCUT2D eigenvalue weighted by molar-refractivity contribution is 5.17. The smallest absolute Gasteiger partial charge is 0.0470 e. The lowest BCUT2D eigenvalue weighted by molar-refractivity contribution is 0.168. The van der Waals surface area contributed by atoms with Crippen LogP contribution in [0.5, 0.6) is 0 Å². The first kappa shape index (κ1) is 10.9. The standard InChI is InChI=1S/C13H16N2O/c16-14-8-6-13-7-9-15(11-13)10-12-4-2-1-3-5-12/h1-5,7,9,11,14,16H,6,8,10H2. The van der Waals surface area contributed by atoms with E-state index in [9.17, 15) is 0 Å². The second-order valence-electron chi connectivity index (χ2n) is 3.84. The van der Waals surface area contributed by atoms with Crippen LogP contribution in [0.1, 0.15) is 11.1 Å². The lowest BCUT2D eigenvalue weighted by Crippen LogP contribution is -2.10. The molecule has 1 aromatic carbocycles. The number of nitrogens with zero attached hydrogens (tertiary/aromatic N) is 1. The van der Waals surface area contributed by atoms with Gasteiger partial charge in [-0.05, 0) is 23.6 Å². The number of hydroxylamine groups is 1. The van der Waals surface area contributed by atoms with Crippen LogP contribution < -0.4 is 5.48 Å². The van der Waals surface area contributed by atoms with Crippen molar-refractivity contribution in [2.45, 2.75) is 13.0 Å². The van der Waals surface area contributed by atoms with Crippen molar-refractivity contribution in [1.82, 2.24) is 10.0 Å². The molecule has 0 saturated heterocycles. The van der Waals surface area contributed by atoms with Crippen molar-refractivity contribution in [2.75, 3.05) is 6.54 Å². The lowest BCUT2D eigenvalue weighted by Gasteiger charge is -2.02. The fourth-order valence-electron chi connectivity index (χ4n) is 1.73. The van der Waals surface area contributed by atoms with Crippen LogP contribution in [0.3, 0.4) is 0 Å². The Morgan fingerprint density at radius 3 is 2.62 bits per heavy atom. The number of aromatic nitrogens is 1. The average Bonchev–Trinajstić information content (AvgIpc) is 2.75. The molecule has 0 fully saturated rings. The summed E-state index contributed by atoms with van der Waals surface area (Å²) in [5.41, 5.74) is 4.70. The van der Waals surface area contributed by atoms with E-state index in [1.807, 2.05) is 6.07 Å². The maximum Gasteiger partial charge on any atom is 0.0470 e.